The zero-order chi connectivity index (χ0) is 42.2. The maximum absolute atomic E-state index is 12.9. The second-order valence-electron chi connectivity index (χ2n) is 15.1. The van der Waals surface area contributed by atoms with Gasteiger partial charge in [-0.2, -0.15) is 8.42 Å². The smallest absolute Gasteiger partial charge is 0.338 e. The summed E-state index contributed by atoms with van der Waals surface area (Å²) in [5.74, 6) is -1.72. The van der Waals surface area contributed by atoms with Crippen molar-refractivity contribution >= 4 is 102 Å². The van der Waals surface area contributed by atoms with E-state index in [2.05, 4.69) is 45.2 Å². The molecule has 0 saturated carbocycles. The topological polar surface area (TPSA) is 151 Å². The van der Waals surface area contributed by atoms with E-state index in [0.717, 1.165) is 21.3 Å². The zero-order valence-corrected chi connectivity index (χ0v) is 38.5. The number of amides is 2. The molecule has 4 aromatic carbocycles. The SMILES string of the molecule is CN1c2ccc(I)cc2C(=O)N(Cc2ccc(C(=O)OC(C)(C)C)cc2)S1(=O)=O.CN1c2ccc(I)cc2C(=O)N(Cc2ccc(C(=O)OC(C)(C)C)cc2)S1=O. The molecule has 302 valence electrons. The lowest BCUT2D eigenvalue weighted by Gasteiger charge is -2.34. The van der Waals surface area contributed by atoms with E-state index < -0.39 is 50.4 Å². The van der Waals surface area contributed by atoms with Crippen LogP contribution >= 0.6 is 45.2 Å². The summed E-state index contributed by atoms with van der Waals surface area (Å²) >= 11 is 2.60. The summed E-state index contributed by atoms with van der Waals surface area (Å²) in [7, 11) is -0.879. The quantitative estimate of drug-likeness (QED) is 0.141. The zero-order valence-electron chi connectivity index (χ0n) is 32.5. The van der Waals surface area contributed by atoms with Gasteiger partial charge in [-0.1, -0.05) is 24.3 Å². The van der Waals surface area contributed by atoms with Gasteiger partial charge in [0.05, 0.1) is 46.7 Å². The summed E-state index contributed by atoms with van der Waals surface area (Å²) in [4.78, 5) is 50.1. The molecule has 57 heavy (non-hydrogen) atoms. The minimum absolute atomic E-state index is 0.134. The molecule has 2 aliphatic rings. The third kappa shape index (κ3) is 10.3. The Kier molecular flexibility index (Phi) is 13.2. The van der Waals surface area contributed by atoms with E-state index >= 15 is 0 Å². The summed E-state index contributed by atoms with van der Waals surface area (Å²) in [6, 6.07) is 23.7. The maximum atomic E-state index is 12.9. The van der Waals surface area contributed by atoms with Crippen molar-refractivity contribution in [1.29, 1.82) is 0 Å². The Bertz CT molecular complexity index is 2360. The number of nitrogens with zero attached hydrogens (tertiary/aromatic N) is 4. The van der Waals surface area contributed by atoms with E-state index in [9.17, 15) is 31.8 Å². The van der Waals surface area contributed by atoms with Gasteiger partial charge in [0.25, 0.3) is 11.8 Å². The molecular weight excluding hydrogens is 998 g/mol. The van der Waals surface area contributed by atoms with E-state index in [-0.39, 0.29) is 19.0 Å². The van der Waals surface area contributed by atoms with Gasteiger partial charge in [-0.15, -0.1) is 0 Å². The molecule has 0 saturated heterocycles. The summed E-state index contributed by atoms with van der Waals surface area (Å²) in [6.45, 7) is 10.8. The lowest BCUT2D eigenvalue weighted by atomic mass is 10.1. The van der Waals surface area contributed by atoms with Crippen molar-refractivity contribution in [2.24, 2.45) is 0 Å². The van der Waals surface area contributed by atoms with Crippen LogP contribution in [-0.4, -0.2) is 70.3 Å². The first-order valence-electron chi connectivity index (χ1n) is 17.5. The number of carbonyl (C=O) groups is 4. The van der Waals surface area contributed by atoms with Crippen molar-refractivity contribution in [3.63, 3.8) is 0 Å². The van der Waals surface area contributed by atoms with Crippen LogP contribution in [0.1, 0.15) is 94.1 Å². The summed E-state index contributed by atoms with van der Waals surface area (Å²) in [6.07, 6.45) is 0. The Balaban J connectivity index is 0.000000218. The number of carbonyl (C=O) groups excluding carboxylic acids is 4. The summed E-state index contributed by atoms with van der Waals surface area (Å²) in [5, 5.41) is 0. The molecule has 0 aliphatic carbocycles. The van der Waals surface area contributed by atoms with E-state index in [4.69, 9.17) is 9.47 Å². The largest absolute Gasteiger partial charge is 0.456 e. The monoisotopic (exact) mass is 1040 g/mol. The molecule has 0 N–H and O–H groups in total. The molecular formula is C40H42I2N4O9S2. The minimum atomic E-state index is -4.00. The molecule has 17 heteroatoms. The van der Waals surface area contributed by atoms with Crippen LogP contribution < -0.4 is 8.61 Å². The van der Waals surface area contributed by atoms with Gasteiger partial charge in [-0.05, 0) is 159 Å². The molecule has 1 atom stereocenters. The van der Waals surface area contributed by atoms with Crippen LogP contribution in [0.25, 0.3) is 0 Å². The van der Waals surface area contributed by atoms with Crippen LogP contribution in [0.15, 0.2) is 84.9 Å². The molecule has 1 unspecified atom stereocenters. The van der Waals surface area contributed by atoms with Crippen LogP contribution in [-0.2, 0) is 43.9 Å². The van der Waals surface area contributed by atoms with Crippen molar-refractivity contribution in [2.75, 3.05) is 22.7 Å². The van der Waals surface area contributed by atoms with Gasteiger partial charge in [0.15, 0.2) is 0 Å². The molecule has 13 nitrogen and oxygen atoms in total. The Hall–Kier alpha value is -4.08. The third-order valence-corrected chi connectivity index (χ3v) is 12.8. The van der Waals surface area contributed by atoms with Crippen LogP contribution in [0, 0.1) is 7.14 Å². The fraction of sp³-hybridized carbons (Fsp3) is 0.300. The van der Waals surface area contributed by atoms with Gasteiger partial charge >= 0.3 is 22.1 Å². The lowest BCUT2D eigenvalue weighted by Crippen LogP contribution is -2.49. The number of hydrogen-bond donors (Lipinski definition) is 0. The Morgan fingerprint density at radius 2 is 1.07 bits per heavy atom. The number of hydrogen-bond acceptors (Lipinski definition) is 9. The normalized spacial score (nSPS) is 16.3. The first kappa shape index (κ1) is 44.0. The van der Waals surface area contributed by atoms with E-state index in [1.54, 1.807) is 111 Å². The molecule has 0 spiro atoms. The number of anilines is 2. The number of rotatable bonds is 6. The number of ether oxygens (including phenoxy) is 2. The minimum Gasteiger partial charge on any atom is -0.456 e. The van der Waals surface area contributed by atoms with Crippen molar-refractivity contribution in [3.8, 4) is 0 Å². The Morgan fingerprint density at radius 1 is 0.649 bits per heavy atom. The lowest BCUT2D eigenvalue weighted by molar-refractivity contribution is 0.00570. The third-order valence-electron chi connectivity index (χ3n) is 8.39. The number of halogens is 2. The van der Waals surface area contributed by atoms with Crippen molar-refractivity contribution < 1.29 is 41.3 Å². The Labute approximate surface area is 362 Å². The molecule has 2 heterocycles. The summed E-state index contributed by atoms with van der Waals surface area (Å²) in [5.41, 5.74) is 2.83. The predicted molar refractivity (Wildman–Crippen MR) is 235 cm³/mol. The summed E-state index contributed by atoms with van der Waals surface area (Å²) < 4.78 is 55.8. The van der Waals surface area contributed by atoms with Gasteiger partial charge in [-0.3, -0.25) is 18.2 Å². The van der Waals surface area contributed by atoms with Gasteiger partial charge in [0.1, 0.15) is 11.2 Å². The van der Waals surface area contributed by atoms with Crippen molar-refractivity contribution in [1.82, 2.24) is 8.61 Å². The fourth-order valence-electron chi connectivity index (χ4n) is 5.64. The maximum Gasteiger partial charge on any atom is 0.338 e. The average Bonchev–Trinajstić information content (AvgIpc) is 3.13. The average molecular weight is 1040 g/mol. The molecule has 0 aromatic heterocycles. The van der Waals surface area contributed by atoms with E-state index in [0.29, 0.717) is 39.2 Å². The molecule has 2 aliphatic heterocycles. The van der Waals surface area contributed by atoms with E-state index in [1.807, 2.05) is 26.8 Å². The number of fused-ring (bicyclic) bond motifs is 2. The number of esters is 2. The van der Waals surface area contributed by atoms with Crippen molar-refractivity contribution in [2.45, 2.75) is 65.8 Å². The second-order valence-corrected chi connectivity index (χ2v) is 20.9. The predicted octanol–water partition coefficient (Wildman–Crippen LogP) is 7.50. The van der Waals surface area contributed by atoms with Gasteiger partial charge in [0, 0.05) is 21.2 Å². The van der Waals surface area contributed by atoms with Crippen LogP contribution in [0.2, 0.25) is 0 Å². The van der Waals surface area contributed by atoms with Gasteiger partial charge < -0.3 is 9.47 Å². The first-order valence-corrected chi connectivity index (χ1v) is 22.1. The fourth-order valence-corrected chi connectivity index (χ4v) is 9.06. The molecule has 0 bridgehead atoms. The highest BCUT2D eigenvalue weighted by molar-refractivity contribution is 14.1. The van der Waals surface area contributed by atoms with Crippen LogP contribution in [0.3, 0.4) is 0 Å². The van der Waals surface area contributed by atoms with Crippen molar-refractivity contribution in [3.05, 3.63) is 125 Å². The van der Waals surface area contributed by atoms with Crippen LogP contribution in [0.4, 0.5) is 11.4 Å². The van der Waals surface area contributed by atoms with E-state index in [1.165, 1.54) is 11.4 Å². The molecule has 0 radical (unpaired) electrons. The Morgan fingerprint density at radius 3 is 1.53 bits per heavy atom. The highest BCUT2D eigenvalue weighted by Crippen LogP contribution is 2.34. The molecule has 2 amide bonds. The van der Waals surface area contributed by atoms with Crippen LogP contribution in [0.5, 0.6) is 0 Å². The number of benzene rings is 4. The first-order chi connectivity index (χ1) is 26.5. The highest BCUT2D eigenvalue weighted by atomic mass is 127. The highest BCUT2D eigenvalue weighted by Gasteiger charge is 2.40. The molecule has 0 fully saturated rings. The standard InChI is InChI=1S/C20H21IN2O5S.C20H21IN2O4S/c1-20(2,3)28-19(25)14-7-5-13(6-8-14)12-23-18(24)16-11-15(21)9-10-17(16)22(4)29(23,26)27;1-20(2,3)27-19(25)14-7-5-13(6-8-14)12-23-18(24)16-11-15(21)9-10-17(16)22(4)28(23)26/h5-11H,12H2,1-4H3;5-11H,12H2,1-4H3. The molecule has 4 aromatic rings. The molecule has 6 rings (SSSR count). The van der Waals surface area contributed by atoms with Gasteiger partial charge in [-0.25, -0.2) is 22.4 Å². The van der Waals surface area contributed by atoms with Gasteiger partial charge in [0.2, 0.25) is 11.2 Å². The second kappa shape index (κ2) is 17.0.